The van der Waals surface area contributed by atoms with Gasteiger partial charge < -0.3 is 25.3 Å². The summed E-state index contributed by atoms with van der Waals surface area (Å²) >= 11 is 0. The molecule has 0 fully saturated rings. The Labute approximate surface area is 170 Å². The van der Waals surface area contributed by atoms with Crippen LogP contribution in [0.4, 0.5) is 0 Å². The number of methoxy groups -OCH3 is 2. The van der Waals surface area contributed by atoms with Crippen molar-refractivity contribution >= 4 is 23.6 Å². The zero-order valence-corrected chi connectivity index (χ0v) is 16.4. The highest BCUT2D eigenvalue weighted by Gasteiger charge is 2.18. The van der Waals surface area contributed by atoms with Gasteiger partial charge in [-0.2, -0.15) is 0 Å². The van der Waals surface area contributed by atoms with Crippen LogP contribution >= 0.6 is 0 Å². The minimum absolute atomic E-state index is 0.00769. The summed E-state index contributed by atoms with van der Waals surface area (Å²) < 4.78 is 9.98. The van der Waals surface area contributed by atoms with E-state index in [-0.39, 0.29) is 29.0 Å². The molecule has 0 spiro atoms. The maximum Gasteiger partial charge on any atom is 0.355 e. The van der Waals surface area contributed by atoms with Crippen molar-refractivity contribution in [2.75, 3.05) is 14.2 Å². The molecule has 0 aliphatic rings. The molecule has 0 radical (unpaired) electrons. The van der Waals surface area contributed by atoms with Crippen LogP contribution in [0.2, 0.25) is 0 Å². The fourth-order valence-electron chi connectivity index (χ4n) is 2.43. The number of carboxylic acids is 1. The minimum atomic E-state index is -1.30. The first kappa shape index (κ1) is 22.3. The Morgan fingerprint density at radius 1 is 1.13 bits per heavy atom. The van der Waals surface area contributed by atoms with Crippen LogP contribution in [0.3, 0.4) is 0 Å². The number of carbonyl (C=O) groups excluding carboxylic acids is 2. The molecule has 3 aromatic rings. The van der Waals surface area contributed by atoms with E-state index in [0.29, 0.717) is 5.56 Å². The van der Waals surface area contributed by atoms with Crippen molar-refractivity contribution in [3.8, 4) is 0 Å². The highest BCUT2D eigenvalue weighted by Crippen LogP contribution is 2.11. The molecule has 30 heavy (non-hydrogen) atoms. The van der Waals surface area contributed by atoms with Crippen molar-refractivity contribution < 1.29 is 29.0 Å². The number of fused-ring (bicyclic) bond motifs is 1. The molecule has 158 valence electrons. The molecule has 1 atom stereocenters. The van der Waals surface area contributed by atoms with Gasteiger partial charge in [-0.25, -0.2) is 28.6 Å². The Morgan fingerprint density at radius 2 is 1.73 bits per heavy atom. The molecule has 11 nitrogen and oxygen atoms in total. The second-order valence-corrected chi connectivity index (χ2v) is 6.01. The van der Waals surface area contributed by atoms with Crippen molar-refractivity contribution in [1.29, 1.82) is 0 Å². The van der Waals surface area contributed by atoms with E-state index >= 15 is 0 Å². The number of ether oxygens (including phenoxy) is 2. The van der Waals surface area contributed by atoms with Crippen molar-refractivity contribution in [1.82, 2.24) is 14.4 Å². The first-order valence-corrected chi connectivity index (χ1v) is 8.56. The van der Waals surface area contributed by atoms with Gasteiger partial charge in [-0.1, -0.05) is 12.1 Å². The lowest BCUT2D eigenvalue weighted by molar-refractivity contribution is 0.0586. The summed E-state index contributed by atoms with van der Waals surface area (Å²) in [6.07, 6.45) is 1.21. The number of aromatic amines is 1. The van der Waals surface area contributed by atoms with Gasteiger partial charge in [0.2, 0.25) is 0 Å². The zero-order chi connectivity index (χ0) is 22.4. The van der Waals surface area contributed by atoms with Crippen molar-refractivity contribution in [3.63, 3.8) is 0 Å². The quantitative estimate of drug-likeness (QED) is 0.526. The third-order valence-electron chi connectivity index (χ3n) is 3.98. The second kappa shape index (κ2) is 9.47. The summed E-state index contributed by atoms with van der Waals surface area (Å²) in [6, 6.07) is 8.06. The van der Waals surface area contributed by atoms with Gasteiger partial charge in [0.05, 0.1) is 19.8 Å². The summed E-state index contributed by atoms with van der Waals surface area (Å²) in [7, 11) is 2.49. The fourth-order valence-corrected chi connectivity index (χ4v) is 2.43. The van der Waals surface area contributed by atoms with E-state index in [0.717, 1.165) is 23.1 Å². The molecule has 3 rings (SSSR count). The molecule has 0 unspecified atom stereocenters. The van der Waals surface area contributed by atoms with Gasteiger partial charge in [-0.05, 0) is 24.6 Å². The van der Waals surface area contributed by atoms with E-state index in [2.05, 4.69) is 19.4 Å². The third kappa shape index (κ3) is 4.89. The van der Waals surface area contributed by atoms with E-state index in [1.807, 2.05) is 19.1 Å². The monoisotopic (exact) mass is 416 g/mol. The number of aromatic nitrogens is 3. The zero-order valence-electron chi connectivity index (χ0n) is 16.4. The Kier molecular flexibility index (Phi) is 7.04. The lowest BCUT2D eigenvalue weighted by Crippen LogP contribution is -2.20. The molecular weight excluding hydrogens is 396 g/mol. The summed E-state index contributed by atoms with van der Waals surface area (Å²) in [5.74, 6) is -2.44. The van der Waals surface area contributed by atoms with Crippen LogP contribution in [0.1, 0.15) is 49.9 Å². The number of nitrogens with zero attached hydrogens (tertiary/aromatic N) is 2. The Bertz CT molecular complexity index is 1130. The van der Waals surface area contributed by atoms with Gasteiger partial charge in [0, 0.05) is 18.3 Å². The Balaban J connectivity index is 0.000000222. The molecule has 2 aromatic heterocycles. The standard InChI is InChI=1S/C10H13NO2.C9H7N3O5/c1-7(11)8-3-5-9(6-4-8)10(12)13-2;1-17-8(15)5-2-4(7(13)14)11-6-3-10-9(16)12(5)6/h3-7H,11H2,1-2H3;2-3H,1H3,(H,10,16)(H,13,14)/t7-;/m0./s1. The molecule has 0 bridgehead atoms. The summed E-state index contributed by atoms with van der Waals surface area (Å²) in [5.41, 5.74) is 6.12. The Hall–Kier alpha value is -3.99. The fraction of sp³-hybridized carbons (Fsp3) is 0.211. The minimum Gasteiger partial charge on any atom is -0.477 e. The topological polar surface area (TPSA) is 166 Å². The van der Waals surface area contributed by atoms with E-state index < -0.39 is 17.6 Å². The van der Waals surface area contributed by atoms with Crippen LogP contribution in [0, 0.1) is 0 Å². The number of imidazole rings is 1. The number of hydrogen-bond acceptors (Lipinski definition) is 8. The average molecular weight is 416 g/mol. The number of benzene rings is 1. The maximum atomic E-state index is 11.4. The van der Waals surface area contributed by atoms with E-state index in [9.17, 15) is 19.2 Å². The first-order valence-electron chi connectivity index (χ1n) is 8.56. The molecule has 0 aliphatic carbocycles. The number of H-pyrrole nitrogens is 1. The van der Waals surface area contributed by atoms with Crippen LogP contribution in [-0.4, -0.2) is 51.6 Å². The molecule has 0 saturated heterocycles. The van der Waals surface area contributed by atoms with E-state index in [1.54, 1.807) is 12.1 Å². The van der Waals surface area contributed by atoms with Crippen LogP contribution < -0.4 is 11.4 Å². The molecule has 0 amide bonds. The summed E-state index contributed by atoms with van der Waals surface area (Å²) in [5, 5.41) is 8.82. The number of nitrogens with two attached hydrogens (primary N) is 1. The van der Waals surface area contributed by atoms with Gasteiger partial charge in [0.15, 0.2) is 11.3 Å². The number of nitrogens with one attached hydrogen (secondary N) is 1. The van der Waals surface area contributed by atoms with Gasteiger partial charge in [-0.3, -0.25) is 0 Å². The first-order chi connectivity index (χ1) is 14.2. The van der Waals surface area contributed by atoms with Crippen LogP contribution in [-0.2, 0) is 9.47 Å². The number of hydrogen-bond donors (Lipinski definition) is 3. The number of aromatic carboxylic acids is 1. The molecule has 11 heteroatoms. The van der Waals surface area contributed by atoms with E-state index in [4.69, 9.17) is 10.8 Å². The number of rotatable bonds is 4. The molecule has 0 saturated carbocycles. The lowest BCUT2D eigenvalue weighted by atomic mass is 10.1. The Morgan fingerprint density at radius 3 is 2.23 bits per heavy atom. The van der Waals surface area contributed by atoms with Gasteiger partial charge in [0.1, 0.15) is 5.69 Å². The molecule has 4 N–H and O–H groups in total. The van der Waals surface area contributed by atoms with Crippen LogP contribution in [0.15, 0.2) is 41.3 Å². The lowest BCUT2D eigenvalue weighted by Gasteiger charge is -2.05. The largest absolute Gasteiger partial charge is 0.477 e. The third-order valence-corrected chi connectivity index (χ3v) is 3.98. The molecular formula is C19H20N4O7. The number of carboxylic acid groups (broad SMARTS) is 1. The van der Waals surface area contributed by atoms with Crippen LogP contribution in [0.5, 0.6) is 0 Å². The molecule has 0 aliphatic heterocycles. The predicted octanol–water partition coefficient (Wildman–Crippen LogP) is 1.00. The number of carbonyl (C=O) groups is 3. The average Bonchev–Trinajstić information content (AvgIpc) is 3.13. The van der Waals surface area contributed by atoms with Gasteiger partial charge in [-0.15, -0.1) is 0 Å². The van der Waals surface area contributed by atoms with Crippen LogP contribution in [0.25, 0.3) is 5.65 Å². The normalized spacial score (nSPS) is 11.2. The summed E-state index contributed by atoms with van der Waals surface area (Å²) in [4.78, 5) is 50.7. The van der Waals surface area contributed by atoms with Gasteiger partial charge >= 0.3 is 23.6 Å². The smallest absolute Gasteiger partial charge is 0.355 e. The second-order valence-electron chi connectivity index (χ2n) is 6.01. The number of esters is 2. The summed E-state index contributed by atoms with van der Waals surface area (Å²) in [6.45, 7) is 1.90. The van der Waals surface area contributed by atoms with Crippen molar-refractivity contribution in [2.24, 2.45) is 5.73 Å². The maximum absolute atomic E-state index is 11.4. The molecule has 2 heterocycles. The van der Waals surface area contributed by atoms with Gasteiger partial charge in [0.25, 0.3) is 0 Å². The molecule has 1 aromatic carbocycles. The predicted molar refractivity (Wildman–Crippen MR) is 104 cm³/mol. The SMILES string of the molecule is COC(=O)c1cc(C(=O)O)nc2c[nH]c(=O)n12.COC(=O)c1ccc([C@H](C)N)cc1. The highest BCUT2D eigenvalue weighted by atomic mass is 16.5. The van der Waals surface area contributed by atoms with E-state index in [1.165, 1.54) is 13.3 Å². The highest BCUT2D eigenvalue weighted by molar-refractivity contribution is 5.93. The van der Waals surface area contributed by atoms with Crippen molar-refractivity contribution in [3.05, 3.63) is 69.5 Å². The van der Waals surface area contributed by atoms with Crippen molar-refractivity contribution in [2.45, 2.75) is 13.0 Å².